The number of hydrogen-bond acceptors (Lipinski definition) is 2. The van der Waals surface area contributed by atoms with Crippen molar-refractivity contribution in [1.29, 1.82) is 0 Å². The molecule has 114 valence electrons. The molecular formula is C15H19BrN2O3. The van der Waals surface area contributed by atoms with Crippen molar-refractivity contribution in [3.8, 4) is 0 Å². The van der Waals surface area contributed by atoms with Crippen LogP contribution < -0.4 is 10.6 Å². The van der Waals surface area contributed by atoms with Crippen LogP contribution in [-0.4, -0.2) is 22.6 Å². The normalized spacial score (nSPS) is 16.4. The number of halogens is 1. The van der Waals surface area contributed by atoms with Crippen LogP contribution in [0.4, 0.5) is 4.79 Å². The zero-order valence-electron chi connectivity index (χ0n) is 11.7. The molecule has 0 unspecified atom stereocenters. The molecule has 6 heteroatoms. The topological polar surface area (TPSA) is 78.4 Å². The summed E-state index contributed by atoms with van der Waals surface area (Å²) in [5.74, 6) is -0.871. The molecule has 0 atom stereocenters. The lowest BCUT2D eigenvalue weighted by atomic mass is 9.93. The molecule has 0 bridgehead atoms. The number of benzene rings is 1. The zero-order chi connectivity index (χ0) is 15.3. The molecular weight excluding hydrogens is 336 g/mol. The number of carboxylic acid groups (broad SMARTS) is 1. The first-order valence-corrected chi connectivity index (χ1v) is 7.81. The van der Waals surface area contributed by atoms with Crippen LogP contribution >= 0.6 is 15.9 Å². The summed E-state index contributed by atoms with van der Waals surface area (Å²) >= 11 is 3.38. The number of carbonyl (C=O) groups is 2. The first-order valence-electron chi connectivity index (χ1n) is 7.01. The smallest absolute Gasteiger partial charge is 0.315 e. The van der Waals surface area contributed by atoms with Gasteiger partial charge in [-0.3, -0.25) is 4.79 Å². The third kappa shape index (κ3) is 4.74. The Labute approximate surface area is 132 Å². The van der Waals surface area contributed by atoms with Crippen molar-refractivity contribution < 1.29 is 14.7 Å². The minimum Gasteiger partial charge on any atom is -0.481 e. The van der Waals surface area contributed by atoms with E-state index in [0.29, 0.717) is 6.54 Å². The second-order valence-corrected chi connectivity index (χ2v) is 6.41. The van der Waals surface area contributed by atoms with Gasteiger partial charge in [-0.15, -0.1) is 0 Å². The van der Waals surface area contributed by atoms with Crippen LogP contribution in [0.25, 0.3) is 0 Å². The van der Waals surface area contributed by atoms with Crippen molar-refractivity contribution in [2.45, 2.75) is 44.2 Å². The Bertz CT molecular complexity index is 527. The van der Waals surface area contributed by atoms with Gasteiger partial charge < -0.3 is 15.7 Å². The molecule has 1 aliphatic rings. The third-order valence-corrected chi connectivity index (χ3v) is 4.26. The number of carboxylic acids is 1. The summed E-state index contributed by atoms with van der Waals surface area (Å²) in [5.41, 5.74) is 0.394. The summed E-state index contributed by atoms with van der Waals surface area (Å²) in [7, 11) is 0. The van der Waals surface area contributed by atoms with E-state index < -0.39 is 11.5 Å². The molecule has 1 aromatic rings. The lowest BCUT2D eigenvalue weighted by molar-refractivity contribution is -0.138. The van der Waals surface area contributed by atoms with Crippen molar-refractivity contribution in [3.63, 3.8) is 0 Å². The lowest BCUT2D eigenvalue weighted by Gasteiger charge is -2.28. The highest BCUT2D eigenvalue weighted by Crippen LogP contribution is 2.32. The molecule has 5 nitrogen and oxygen atoms in total. The summed E-state index contributed by atoms with van der Waals surface area (Å²) in [4.78, 5) is 23.0. The fourth-order valence-corrected chi connectivity index (χ4v) is 3.25. The molecule has 1 fully saturated rings. The molecule has 3 N–H and O–H groups in total. The molecule has 0 heterocycles. The van der Waals surface area contributed by atoms with Crippen molar-refractivity contribution in [2.24, 2.45) is 0 Å². The van der Waals surface area contributed by atoms with Crippen molar-refractivity contribution in [3.05, 3.63) is 34.3 Å². The van der Waals surface area contributed by atoms with Gasteiger partial charge in [0, 0.05) is 11.0 Å². The molecule has 1 saturated carbocycles. The predicted octanol–water partition coefficient (Wildman–Crippen LogP) is 3.04. The molecule has 0 aromatic heterocycles. The number of rotatable bonds is 5. The van der Waals surface area contributed by atoms with Gasteiger partial charge in [-0.1, -0.05) is 40.9 Å². The van der Waals surface area contributed by atoms with Gasteiger partial charge in [0.25, 0.3) is 0 Å². The average Bonchev–Trinajstić information content (AvgIpc) is 2.83. The standard InChI is InChI=1S/C15H19BrN2O3/c16-12-5-3-4-11(8-12)10-17-14(21)18-15(9-13(19)20)6-1-2-7-15/h3-5,8H,1-2,6-7,9-10H2,(H,19,20)(H2,17,18,21). The predicted molar refractivity (Wildman–Crippen MR) is 83.0 cm³/mol. The highest BCUT2D eigenvalue weighted by Gasteiger charge is 2.37. The van der Waals surface area contributed by atoms with Crippen LogP contribution in [0.2, 0.25) is 0 Å². The number of nitrogens with one attached hydrogen (secondary N) is 2. The largest absolute Gasteiger partial charge is 0.481 e. The molecule has 2 amide bonds. The Hall–Kier alpha value is -1.56. The Morgan fingerprint density at radius 3 is 2.62 bits per heavy atom. The maximum atomic E-state index is 12.0. The van der Waals surface area contributed by atoms with Crippen LogP contribution in [0.1, 0.15) is 37.7 Å². The van der Waals surface area contributed by atoms with E-state index in [9.17, 15) is 9.59 Å². The van der Waals surface area contributed by atoms with E-state index in [1.807, 2.05) is 24.3 Å². The Morgan fingerprint density at radius 1 is 1.29 bits per heavy atom. The number of carbonyl (C=O) groups excluding carboxylic acids is 1. The molecule has 0 saturated heterocycles. The molecule has 1 aliphatic carbocycles. The van der Waals surface area contributed by atoms with E-state index in [1.165, 1.54) is 0 Å². The first-order chi connectivity index (χ1) is 9.99. The van der Waals surface area contributed by atoms with Gasteiger partial charge >= 0.3 is 12.0 Å². The van der Waals surface area contributed by atoms with Crippen molar-refractivity contribution in [1.82, 2.24) is 10.6 Å². The van der Waals surface area contributed by atoms with Gasteiger partial charge in [0.15, 0.2) is 0 Å². The fourth-order valence-electron chi connectivity index (χ4n) is 2.80. The third-order valence-electron chi connectivity index (χ3n) is 3.77. The highest BCUT2D eigenvalue weighted by atomic mass is 79.9. The summed E-state index contributed by atoms with van der Waals surface area (Å²) in [6, 6.07) is 7.38. The second kappa shape index (κ2) is 6.93. The Balaban J connectivity index is 1.89. The van der Waals surface area contributed by atoms with E-state index >= 15 is 0 Å². The van der Waals surface area contributed by atoms with E-state index in [1.54, 1.807) is 0 Å². The number of amides is 2. The lowest BCUT2D eigenvalue weighted by Crippen LogP contribution is -2.51. The van der Waals surface area contributed by atoms with Gasteiger partial charge in [-0.05, 0) is 30.5 Å². The van der Waals surface area contributed by atoms with Crippen LogP contribution in [0, 0.1) is 0 Å². The number of aliphatic carboxylic acids is 1. The van der Waals surface area contributed by atoms with Gasteiger partial charge in [0.1, 0.15) is 0 Å². The minimum absolute atomic E-state index is 0.0166. The fraction of sp³-hybridized carbons (Fsp3) is 0.467. The van der Waals surface area contributed by atoms with Crippen molar-refractivity contribution >= 4 is 27.9 Å². The minimum atomic E-state index is -0.871. The molecule has 1 aromatic carbocycles. The second-order valence-electron chi connectivity index (χ2n) is 5.50. The number of urea groups is 1. The highest BCUT2D eigenvalue weighted by molar-refractivity contribution is 9.10. The van der Waals surface area contributed by atoms with Crippen molar-refractivity contribution in [2.75, 3.05) is 0 Å². The van der Waals surface area contributed by atoms with Gasteiger partial charge in [0.05, 0.1) is 12.0 Å². The van der Waals surface area contributed by atoms with Gasteiger partial charge in [-0.25, -0.2) is 4.79 Å². The molecule has 21 heavy (non-hydrogen) atoms. The van der Waals surface area contributed by atoms with E-state index in [2.05, 4.69) is 26.6 Å². The molecule has 0 spiro atoms. The number of hydrogen-bond donors (Lipinski definition) is 3. The monoisotopic (exact) mass is 354 g/mol. The van der Waals surface area contributed by atoms with E-state index in [-0.39, 0.29) is 12.5 Å². The van der Waals surface area contributed by atoms with Crippen LogP contribution in [0.15, 0.2) is 28.7 Å². The van der Waals surface area contributed by atoms with Crippen LogP contribution in [0.5, 0.6) is 0 Å². The van der Waals surface area contributed by atoms with Gasteiger partial charge in [-0.2, -0.15) is 0 Å². The van der Waals surface area contributed by atoms with Crippen LogP contribution in [0.3, 0.4) is 0 Å². The molecule has 2 rings (SSSR count). The van der Waals surface area contributed by atoms with E-state index in [0.717, 1.165) is 35.7 Å². The van der Waals surface area contributed by atoms with Crippen LogP contribution in [-0.2, 0) is 11.3 Å². The van der Waals surface area contributed by atoms with E-state index in [4.69, 9.17) is 5.11 Å². The molecule has 0 aliphatic heterocycles. The summed E-state index contributed by atoms with van der Waals surface area (Å²) < 4.78 is 0.959. The maximum Gasteiger partial charge on any atom is 0.315 e. The summed E-state index contributed by atoms with van der Waals surface area (Å²) in [5, 5.41) is 14.7. The Morgan fingerprint density at radius 2 is 2.00 bits per heavy atom. The quantitative estimate of drug-likeness (QED) is 0.760. The average molecular weight is 355 g/mol. The maximum absolute atomic E-state index is 12.0. The zero-order valence-corrected chi connectivity index (χ0v) is 13.3. The van der Waals surface area contributed by atoms with Gasteiger partial charge in [0.2, 0.25) is 0 Å². The Kier molecular flexibility index (Phi) is 5.22. The first kappa shape index (κ1) is 15.8. The SMILES string of the molecule is O=C(O)CC1(NC(=O)NCc2cccc(Br)c2)CCCC1. The molecule has 0 radical (unpaired) electrons. The summed E-state index contributed by atoms with van der Waals surface area (Å²) in [6.45, 7) is 0.411. The summed E-state index contributed by atoms with van der Waals surface area (Å²) in [6.07, 6.45) is 3.35.